The van der Waals surface area contributed by atoms with Crippen LogP contribution in [0.15, 0.2) is 82.7 Å². The van der Waals surface area contributed by atoms with Crippen molar-refractivity contribution in [2.24, 2.45) is 10.9 Å². The van der Waals surface area contributed by atoms with Crippen LogP contribution in [0, 0.1) is 5.92 Å². The van der Waals surface area contributed by atoms with Crippen LogP contribution in [-0.2, 0) is 6.42 Å². The first-order valence-corrected chi connectivity index (χ1v) is 9.73. The number of hydrogen-bond acceptors (Lipinski definition) is 2. The van der Waals surface area contributed by atoms with E-state index in [1.165, 1.54) is 27.3 Å². The summed E-state index contributed by atoms with van der Waals surface area (Å²) in [7, 11) is 0. The second-order valence-corrected chi connectivity index (χ2v) is 8.14. The van der Waals surface area contributed by atoms with Gasteiger partial charge in [-0.2, -0.15) is 0 Å². The Balaban J connectivity index is 1.70. The van der Waals surface area contributed by atoms with E-state index in [-0.39, 0.29) is 0 Å². The van der Waals surface area contributed by atoms with Gasteiger partial charge >= 0.3 is 0 Å². The summed E-state index contributed by atoms with van der Waals surface area (Å²) < 4.78 is 0. The SMILES string of the molecule is Clc1ccc([C@H]2Sc3ccccc3N=C3c4ccccc4C[C@@H]32)cc1. The van der Waals surface area contributed by atoms with Gasteiger partial charge in [0.25, 0.3) is 0 Å². The molecule has 0 unspecified atom stereocenters. The molecule has 3 aromatic rings. The third-order valence-electron chi connectivity index (χ3n) is 5.01. The Bertz CT molecular complexity index is 977. The Kier molecular flexibility index (Phi) is 3.69. The molecular formula is C22H16ClNS. The van der Waals surface area contributed by atoms with Crippen LogP contribution >= 0.6 is 23.4 Å². The van der Waals surface area contributed by atoms with Crippen LogP contribution in [0.5, 0.6) is 0 Å². The van der Waals surface area contributed by atoms with E-state index in [1.54, 1.807) is 0 Å². The van der Waals surface area contributed by atoms with Gasteiger partial charge in [-0.15, -0.1) is 11.8 Å². The Hall–Kier alpha value is -2.03. The molecule has 0 saturated carbocycles. The van der Waals surface area contributed by atoms with Gasteiger partial charge in [-0.1, -0.05) is 60.1 Å². The lowest BCUT2D eigenvalue weighted by atomic mass is 9.94. The molecule has 1 heterocycles. The highest BCUT2D eigenvalue weighted by Crippen LogP contribution is 2.51. The molecule has 5 rings (SSSR count). The number of aliphatic imine (C=N–C) groups is 1. The first-order chi connectivity index (χ1) is 12.3. The molecule has 2 atom stereocenters. The number of halogens is 1. The molecule has 3 aromatic carbocycles. The van der Waals surface area contributed by atoms with Crippen LogP contribution in [0.2, 0.25) is 5.02 Å². The molecule has 2 aliphatic rings. The lowest BCUT2D eigenvalue weighted by molar-refractivity contribution is 0.694. The number of benzene rings is 3. The van der Waals surface area contributed by atoms with Crippen LogP contribution in [-0.4, -0.2) is 5.71 Å². The number of nitrogens with zero attached hydrogens (tertiary/aromatic N) is 1. The lowest BCUT2D eigenvalue weighted by Gasteiger charge is -2.22. The molecule has 1 aliphatic carbocycles. The Morgan fingerprint density at radius 1 is 0.880 bits per heavy atom. The number of fused-ring (bicyclic) bond motifs is 4. The fourth-order valence-corrected chi connectivity index (χ4v) is 5.30. The highest BCUT2D eigenvalue weighted by molar-refractivity contribution is 7.99. The summed E-state index contributed by atoms with van der Waals surface area (Å²) in [6.07, 6.45) is 1.04. The topological polar surface area (TPSA) is 12.4 Å². The standard InChI is InChI=1S/C22H16ClNS/c23-16-11-9-14(10-12-16)22-18-13-15-5-1-2-6-17(15)21(18)24-19-7-3-4-8-20(19)25-22/h1-12,18,22H,13H2/t18-,22+/m0/s1. The Morgan fingerprint density at radius 3 is 2.52 bits per heavy atom. The molecule has 0 saturated heterocycles. The predicted molar refractivity (Wildman–Crippen MR) is 106 cm³/mol. The normalized spacial score (nSPS) is 20.9. The molecule has 0 aromatic heterocycles. The van der Waals surface area contributed by atoms with E-state index in [0.29, 0.717) is 11.2 Å². The third kappa shape index (κ3) is 2.61. The molecule has 25 heavy (non-hydrogen) atoms. The average Bonchev–Trinajstić information content (AvgIpc) is 2.92. The zero-order valence-electron chi connectivity index (χ0n) is 13.5. The number of hydrogen-bond donors (Lipinski definition) is 0. The van der Waals surface area contributed by atoms with Crippen molar-refractivity contribution in [2.45, 2.75) is 16.6 Å². The van der Waals surface area contributed by atoms with Gasteiger partial charge in [0, 0.05) is 21.1 Å². The van der Waals surface area contributed by atoms with Gasteiger partial charge in [0.05, 0.1) is 11.4 Å². The molecule has 1 aliphatic heterocycles. The van der Waals surface area contributed by atoms with Gasteiger partial charge in [-0.05, 0) is 47.4 Å². The fraction of sp³-hybridized carbons (Fsp3) is 0.136. The average molecular weight is 362 g/mol. The van der Waals surface area contributed by atoms with E-state index in [0.717, 1.165) is 17.1 Å². The molecule has 0 radical (unpaired) electrons. The highest BCUT2D eigenvalue weighted by atomic mass is 35.5. The minimum atomic E-state index is 0.340. The number of thioether (sulfide) groups is 1. The Labute approximate surface area is 156 Å². The lowest BCUT2D eigenvalue weighted by Crippen LogP contribution is -2.16. The van der Waals surface area contributed by atoms with Crippen LogP contribution < -0.4 is 0 Å². The summed E-state index contributed by atoms with van der Waals surface area (Å²) in [4.78, 5) is 6.36. The van der Waals surface area contributed by atoms with Crippen molar-refractivity contribution in [3.63, 3.8) is 0 Å². The van der Waals surface area contributed by atoms with Crippen molar-refractivity contribution in [2.75, 3.05) is 0 Å². The molecule has 1 nitrogen and oxygen atoms in total. The summed E-state index contributed by atoms with van der Waals surface area (Å²) in [5.74, 6) is 0.385. The second-order valence-electron chi connectivity index (χ2n) is 6.52. The molecule has 0 N–H and O–H groups in total. The Morgan fingerprint density at radius 2 is 1.64 bits per heavy atom. The van der Waals surface area contributed by atoms with E-state index in [4.69, 9.17) is 16.6 Å². The molecule has 0 bridgehead atoms. The third-order valence-corrected chi connectivity index (χ3v) is 6.71. The van der Waals surface area contributed by atoms with Crippen LogP contribution in [0.25, 0.3) is 0 Å². The first kappa shape index (κ1) is 15.2. The molecule has 0 amide bonds. The summed E-state index contributed by atoms with van der Waals surface area (Å²) >= 11 is 8.04. The van der Waals surface area contributed by atoms with E-state index >= 15 is 0 Å². The van der Waals surface area contributed by atoms with Gasteiger partial charge in [0.1, 0.15) is 0 Å². The van der Waals surface area contributed by atoms with Crippen molar-refractivity contribution in [1.82, 2.24) is 0 Å². The second kappa shape index (κ2) is 6.05. The van der Waals surface area contributed by atoms with Gasteiger partial charge in [0.2, 0.25) is 0 Å². The van der Waals surface area contributed by atoms with E-state index < -0.39 is 0 Å². The molecule has 3 heteroatoms. The highest BCUT2D eigenvalue weighted by Gasteiger charge is 2.37. The molecule has 122 valence electrons. The zero-order chi connectivity index (χ0) is 16.8. The van der Waals surface area contributed by atoms with Gasteiger partial charge in [-0.3, -0.25) is 4.99 Å². The summed E-state index contributed by atoms with van der Waals surface area (Å²) in [6.45, 7) is 0. The summed E-state index contributed by atoms with van der Waals surface area (Å²) in [6, 6.07) is 25.5. The maximum atomic E-state index is 6.12. The molecule has 0 spiro atoms. The van der Waals surface area contributed by atoms with Crippen LogP contribution in [0.1, 0.15) is 21.9 Å². The van der Waals surface area contributed by atoms with E-state index in [1.807, 2.05) is 23.9 Å². The summed E-state index contributed by atoms with van der Waals surface area (Å²) in [5, 5.41) is 1.12. The van der Waals surface area contributed by atoms with Gasteiger partial charge < -0.3 is 0 Å². The van der Waals surface area contributed by atoms with E-state index in [9.17, 15) is 0 Å². The number of rotatable bonds is 1. The van der Waals surface area contributed by atoms with Gasteiger partial charge in [0.15, 0.2) is 0 Å². The van der Waals surface area contributed by atoms with Gasteiger partial charge in [-0.25, -0.2) is 0 Å². The maximum Gasteiger partial charge on any atom is 0.0769 e. The number of para-hydroxylation sites is 1. The monoisotopic (exact) mass is 361 g/mol. The van der Waals surface area contributed by atoms with Crippen LogP contribution in [0.3, 0.4) is 0 Å². The zero-order valence-corrected chi connectivity index (χ0v) is 15.1. The fourth-order valence-electron chi connectivity index (χ4n) is 3.83. The van der Waals surface area contributed by atoms with Crippen molar-refractivity contribution in [1.29, 1.82) is 0 Å². The van der Waals surface area contributed by atoms with Crippen molar-refractivity contribution in [3.05, 3.63) is 94.5 Å². The smallest absolute Gasteiger partial charge is 0.0769 e. The van der Waals surface area contributed by atoms with Crippen molar-refractivity contribution in [3.8, 4) is 0 Å². The van der Waals surface area contributed by atoms with Crippen molar-refractivity contribution >= 4 is 34.8 Å². The largest absolute Gasteiger partial charge is 0.251 e. The maximum absolute atomic E-state index is 6.12. The quantitative estimate of drug-likeness (QED) is 0.483. The minimum Gasteiger partial charge on any atom is -0.251 e. The first-order valence-electron chi connectivity index (χ1n) is 8.47. The minimum absolute atomic E-state index is 0.340. The molecule has 0 fully saturated rings. The summed E-state index contributed by atoms with van der Waals surface area (Å²) in [5.41, 5.74) is 6.35. The molecular weight excluding hydrogens is 346 g/mol. The van der Waals surface area contributed by atoms with Crippen LogP contribution in [0.4, 0.5) is 5.69 Å². The predicted octanol–water partition coefficient (Wildman–Crippen LogP) is 6.48. The van der Waals surface area contributed by atoms with E-state index in [2.05, 4.69) is 60.7 Å². The van der Waals surface area contributed by atoms with Crippen molar-refractivity contribution < 1.29 is 0 Å².